The molecule has 0 atom stereocenters. The Balaban J connectivity index is 1.52. The summed E-state index contributed by atoms with van der Waals surface area (Å²) in [7, 11) is 0. The van der Waals surface area contributed by atoms with Crippen molar-refractivity contribution in [2.75, 3.05) is 0 Å². The Morgan fingerprint density at radius 2 is 1.29 bits per heavy atom. The minimum absolute atomic E-state index is 0.0711. The molecule has 1 aliphatic carbocycles. The molecule has 162 valence electrons. The van der Waals surface area contributed by atoms with E-state index < -0.39 is 17.9 Å². The van der Waals surface area contributed by atoms with Gasteiger partial charge >= 0.3 is 17.9 Å². The van der Waals surface area contributed by atoms with E-state index >= 15 is 0 Å². The van der Waals surface area contributed by atoms with Crippen molar-refractivity contribution in [3.8, 4) is 11.5 Å². The average molecular weight is 424 g/mol. The molecule has 1 aliphatic rings. The Hall–Kier alpha value is -3.61. The van der Waals surface area contributed by atoms with E-state index in [0.29, 0.717) is 29.7 Å². The lowest BCUT2D eigenvalue weighted by molar-refractivity contribution is -0.131. The Morgan fingerprint density at radius 3 is 1.77 bits per heavy atom. The number of esters is 3. The van der Waals surface area contributed by atoms with Crippen LogP contribution >= 0.6 is 0 Å². The van der Waals surface area contributed by atoms with Gasteiger partial charge in [-0.15, -0.1) is 0 Å². The summed E-state index contributed by atoms with van der Waals surface area (Å²) in [5, 5.41) is 9.47. The molecule has 7 heteroatoms. The van der Waals surface area contributed by atoms with Crippen LogP contribution in [0.15, 0.2) is 60.9 Å². The van der Waals surface area contributed by atoms with E-state index in [0.717, 1.165) is 12.8 Å². The third-order valence-electron chi connectivity index (χ3n) is 5.07. The Morgan fingerprint density at radius 1 is 0.806 bits per heavy atom. The van der Waals surface area contributed by atoms with E-state index in [-0.39, 0.29) is 23.5 Å². The molecule has 31 heavy (non-hydrogen) atoms. The highest BCUT2D eigenvalue weighted by molar-refractivity contribution is 5.92. The molecule has 0 aromatic heterocycles. The number of rotatable bonds is 6. The first-order valence-corrected chi connectivity index (χ1v) is 10.0. The van der Waals surface area contributed by atoms with Crippen molar-refractivity contribution >= 4 is 17.9 Å². The zero-order valence-corrected chi connectivity index (χ0v) is 17.2. The molecule has 0 unspecified atom stereocenters. The van der Waals surface area contributed by atoms with Crippen LogP contribution in [0.2, 0.25) is 0 Å². The van der Waals surface area contributed by atoms with Crippen molar-refractivity contribution in [1.29, 1.82) is 0 Å². The maximum Gasteiger partial charge on any atom is 0.343 e. The number of hydrogen-bond donors (Lipinski definition) is 1. The SMILES string of the molecule is C=C(O)C1CCC(OC(=O)c2ccc(OC(=O)c3ccc(OC(C)=O)cc3)cc2)CC1. The third kappa shape index (κ3) is 6.18. The predicted octanol–water partition coefficient (Wildman–Crippen LogP) is 4.62. The highest BCUT2D eigenvalue weighted by Crippen LogP contribution is 2.30. The average Bonchev–Trinajstić information content (AvgIpc) is 2.74. The first-order valence-electron chi connectivity index (χ1n) is 10.0. The molecule has 1 saturated carbocycles. The van der Waals surface area contributed by atoms with Crippen LogP contribution in [0.25, 0.3) is 0 Å². The number of carbonyl (C=O) groups is 3. The van der Waals surface area contributed by atoms with Gasteiger partial charge in [-0.1, -0.05) is 6.58 Å². The second-order valence-electron chi connectivity index (χ2n) is 7.40. The quantitative estimate of drug-likeness (QED) is 0.410. The monoisotopic (exact) mass is 424 g/mol. The summed E-state index contributed by atoms with van der Waals surface area (Å²) in [6.45, 7) is 4.86. The van der Waals surface area contributed by atoms with Gasteiger partial charge in [0, 0.05) is 12.8 Å². The number of allylic oxidation sites excluding steroid dienone is 1. The smallest absolute Gasteiger partial charge is 0.343 e. The molecule has 0 saturated heterocycles. The highest BCUT2D eigenvalue weighted by atomic mass is 16.5. The van der Waals surface area contributed by atoms with E-state index in [1.165, 1.54) is 55.5 Å². The maximum absolute atomic E-state index is 12.4. The van der Waals surface area contributed by atoms with Crippen molar-refractivity contribution in [1.82, 2.24) is 0 Å². The molecule has 0 spiro atoms. The van der Waals surface area contributed by atoms with Crippen molar-refractivity contribution < 1.29 is 33.7 Å². The molecule has 3 rings (SSSR count). The summed E-state index contributed by atoms with van der Waals surface area (Å²) in [6, 6.07) is 12.1. The molecule has 0 amide bonds. The Bertz CT molecular complexity index is 952. The van der Waals surface area contributed by atoms with Crippen molar-refractivity contribution in [3.63, 3.8) is 0 Å². The van der Waals surface area contributed by atoms with Gasteiger partial charge in [0.1, 0.15) is 17.6 Å². The van der Waals surface area contributed by atoms with E-state index in [1.807, 2.05) is 0 Å². The molecule has 1 fully saturated rings. The van der Waals surface area contributed by atoms with Crippen LogP contribution in [0.1, 0.15) is 53.3 Å². The largest absolute Gasteiger partial charge is 0.513 e. The Labute approximate surface area is 180 Å². The van der Waals surface area contributed by atoms with Crippen LogP contribution in [0, 0.1) is 5.92 Å². The molecular formula is C24H24O7. The standard InChI is InChI=1S/C24H24O7/c1-15(25)17-3-9-21(10-4-17)30-24(28)19-7-13-22(14-8-19)31-23(27)18-5-11-20(12-6-18)29-16(2)26/h5-8,11-14,17,21,25H,1,3-4,9-10H2,2H3. The zero-order chi connectivity index (χ0) is 22.4. The van der Waals surface area contributed by atoms with Gasteiger partial charge in [0.05, 0.1) is 16.9 Å². The zero-order valence-electron chi connectivity index (χ0n) is 17.2. The molecule has 2 aromatic rings. The maximum atomic E-state index is 12.4. The number of carbonyl (C=O) groups excluding carboxylic acids is 3. The van der Waals surface area contributed by atoms with Crippen molar-refractivity contribution in [2.45, 2.75) is 38.7 Å². The summed E-state index contributed by atoms with van der Waals surface area (Å²) in [6.07, 6.45) is 2.66. The van der Waals surface area contributed by atoms with E-state index in [1.54, 1.807) is 0 Å². The molecule has 2 aromatic carbocycles. The lowest BCUT2D eigenvalue weighted by Crippen LogP contribution is -2.25. The van der Waals surface area contributed by atoms with Crippen LogP contribution in [0.5, 0.6) is 11.5 Å². The van der Waals surface area contributed by atoms with Crippen LogP contribution in [0.3, 0.4) is 0 Å². The lowest BCUT2D eigenvalue weighted by atomic mass is 9.86. The number of ether oxygens (including phenoxy) is 3. The van der Waals surface area contributed by atoms with Gasteiger partial charge in [-0.3, -0.25) is 4.79 Å². The minimum Gasteiger partial charge on any atom is -0.513 e. The van der Waals surface area contributed by atoms with Crippen molar-refractivity contribution in [2.24, 2.45) is 5.92 Å². The predicted molar refractivity (Wildman–Crippen MR) is 112 cm³/mol. The molecule has 0 aliphatic heterocycles. The summed E-state index contributed by atoms with van der Waals surface area (Å²) >= 11 is 0. The number of benzene rings is 2. The van der Waals surface area contributed by atoms with Gasteiger partial charge in [0.15, 0.2) is 0 Å². The first-order chi connectivity index (χ1) is 14.8. The second-order valence-corrected chi connectivity index (χ2v) is 7.40. The van der Waals surface area contributed by atoms with Crippen LogP contribution in [0.4, 0.5) is 0 Å². The van der Waals surface area contributed by atoms with Gasteiger partial charge in [0.25, 0.3) is 0 Å². The van der Waals surface area contributed by atoms with E-state index in [9.17, 15) is 19.5 Å². The molecule has 1 N–H and O–H groups in total. The van der Waals surface area contributed by atoms with E-state index in [2.05, 4.69) is 6.58 Å². The normalized spacial score (nSPS) is 18.0. The van der Waals surface area contributed by atoms with Gasteiger partial charge in [-0.2, -0.15) is 0 Å². The molecular weight excluding hydrogens is 400 g/mol. The fraction of sp³-hybridized carbons (Fsp3) is 0.292. The molecule has 0 heterocycles. The molecule has 0 radical (unpaired) electrons. The number of hydrogen-bond acceptors (Lipinski definition) is 7. The Kier molecular flexibility index (Phi) is 7.07. The van der Waals surface area contributed by atoms with Crippen LogP contribution < -0.4 is 9.47 Å². The molecule has 0 bridgehead atoms. The van der Waals surface area contributed by atoms with E-state index in [4.69, 9.17) is 14.2 Å². The summed E-state index contributed by atoms with van der Waals surface area (Å²) in [5.41, 5.74) is 0.653. The van der Waals surface area contributed by atoms with Crippen molar-refractivity contribution in [3.05, 3.63) is 72.0 Å². The van der Waals surface area contributed by atoms with Crippen LogP contribution in [-0.4, -0.2) is 29.1 Å². The fourth-order valence-corrected chi connectivity index (χ4v) is 3.38. The third-order valence-corrected chi connectivity index (χ3v) is 5.07. The summed E-state index contributed by atoms with van der Waals surface area (Å²) in [5.74, 6) is -0.582. The first kappa shape index (κ1) is 22.1. The summed E-state index contributed by atoms with van der Waals surface area (Å²) < 4.78 is 15.8. The topological polar surface area (TPSA) is 99.1 Å². The van der Waals surface area contributed by atoms with Gasteiger partial charge < -0.3 is 19.3 Å². The fourth-order valence-electron chi connectivity index (χ4n) is 3.38. The molecule has 7 nitrogen and oxygen atoms in total. The lowest BCUT2D eigenvalue weighted by Gasteiger charge is -2.27. The highest BCUT2D eigenvalue weighted by Gasteiger charge is 2.25. The van der Waals surface area contributed by atoms with Gasteiger partial charge in [-0.05, 0) is 74.2 Å². The second kappa shape index (κ2) is 9.93. The van der Waals surface area contributed by atoms with Crippen LogP contribution in [-0.2, 0) is 9.53 Å². The number of aliphatic hydroxyl groups is 1. The van der Waals surface area contributed by atoms with Gasteiger partial charge in [0.2, 0.25) is 0 Å². The minimum atomic E-state index is -0.577. The van der Waals surface area contributed by atoms with Gasteiger partial charge in [-0.25, -0.2) is 9.59 Å². The summed E-state index contributed by atoms with van der Waals surface area (Å²) in [4.78, 5) is 35.6. The number of aliphatic hydroxyl groups excluding tert-OH is 1.